The van der Waals surface area contributed by atoms with Crippen LogP contribution in [0.15, 0.2) is 72.1 Å². The Morgan fingerprint density at radius 1 is 1.12 bits per heavy atom. The van der Waals surface area contributed by atoms with Crippen molar-refractivity contribution in [3.63, 3.8) is 0 Å². The highest BCUT2D eigenvalue weighted by atomic mass is 32.2. The van der Waals surface area contributed by atoms with Crippen LogP contribution in [0.2, 0.25) is 0 Å². The normalized spacial score (nSPS) is 17.6. The number of rotatable bonds is 4. The van der Waals surface area contributed by atoms with E-state index in [1.807, 2.05) is 32.0 Å². The van der Waals surface area contributed by atoms with Crippen LogP contribution in [0.4, 0.5) is 0 Å². The maximum absolute atomic E-state index is 12.8. The molecule has 0 saturated carbocycles. The van der Waals surface area contributed by atoms with E-state index in [0.29, 0.717) is 11.5 Å². The molecule has 3 aromatic rings. The van der Waals surface area contributed by atoms with Crippen LogP contribution in [0.5, 0.6) is 0 Å². The van der Waals surface area contributed by atoms with E-state index in [9.17, 15) is 4.79 Å². The van der Waals surface area contributed by atoms with E-state index in [2.05, 4.69) is 53.9 Å². The van der Waals surface area contributed by atoms with Gasteiger partial charge < -0.3 is 4.74 Å². The zero-order valence-electron chi connectivity index (χ0n) is 15.1. The zero-order valence-corrected chi connectivity index (χ0v) is 16.0. The summed E-state index contributed by atoms with van der Waals surface area (Å²) in [5.41, 5.74) is 0.144. The van der Waals surface area contributed by atoms with Crippen molar-refractivity contribution < 1.29 is 9.53 Å². The van der Waals surface area contributed by atoms with E-state index in [1.54, 1.807) is 0 Å². The SMILES string of the molecule is CC(C)(OC(=O)c1cccc(-[s+]2ccc3ccccc32)c1)C1C=CCC1. The van der Waals surface area contributed by atoms with E-state index in [-0.39, 0.29) is 16.4 Å². The van der Waals surface area contributed by atoms with Crippen molar-refractivity contribution in [2.45, 2.75) is 32.3 Å². The number of carbonyl (C=O) groups is 1. The van der Waals surface area contributed by atoms with Gasteiger partial charge in [-0.2, -0.15) is 0 Å². The lowest BCUT2D eigenvalue weighted by Gasteiger charge is -2.30. The summed E-state index contributed by atoms with van der Waals surface area (Å²) in [4.78, 5) is 13.9. The summed E-state index contributed by atoms with van der Waals surface area (Å²) < 4.78 is 7.20. The topological polar surface area (TPSA) is 26.3 Å². The van der Waals surface area contributed by atoms with E-state index in [1.165, 1.54) is 10.1 Å². The van der Waals surface area contributed by atoms with Gasteiger partial charge in [-0.1, -0.05) is 30.4 Å². The fourth-order valence-electron chi connectivity index (χ4n) is 3.58. The molecule has 1 aromatic heterocycles. The van der Waals surface area contributed by atoms with Gasteiger partial charge in [0.25, 0.3) is 0 Å². The van der Waals surface area contributed by atoms with Crippen molar-refractivity contribution in [1.29, 1.82) is 0 Å². The van der Waals surface area contributed by atoms with Gasteiger partial charge in [0.15, 0.2) is 9.60 Å². The third-order valence-electron chi connectivity index (χ3n) is 5.12. The van der Waals surface area contributed by atoms with Crippen LogP contribution >= 0.6 is 10.5 Å². The summed E-state index contributed by atoms with van der Waals surface area (Å²) >= 11 is 0. The van der Waals surface area contributed by atoms with Gasteiger partial charge in [0.05, 0.1) is 5.56 Å². The Hall–Kier alpha value is -2.39. The average Bonchev–Trinajstić information content (AvgIpc) is 3.32. The summed E-state index contributed by atoms with van der Waals surface area (Å²) in [7, 11) is -0.117. The molecule has 2 aromatic carbocycles. The van der Waals surface area contributed by atoms with Crippen molar-refractivity contribution in [3.05, 3.63) is 77.7 Å². The van der Waals surface area contributed by atoms with E-state index in [4.69, 9.17) is 4.74 Å². The van der Waals surface area contributed by atoms with Crippen LogP contribution in [-0.2, 0) is 4.74 Å². The van der Waals surface area contributed by atoms with Crippen LogP contribution in [0, 0.1) is 5.92 Å². The van der Waals surface area contributed by atoms with Crippen LogP contribution in [-0.4, -0.2) is 11.6 Å². The Morgan fingerprint density at radius 2 is 1.96 bits per heavy atom. The van der Waals surface area contributed by atoms with Crippen LogP contribution in [0.1, 0.15) is 37.0 Å². The molecule has 132 valence electrons. The van der Waals surface area contributed by atoms with Gasteiger partial charge in [0.1, 0.15) is 11.0 Å². The monoisotopic (exact) mass is 363 g/mol. The second kappa shape index (κ2) is 6.73. The molecule has 26 heavy (non-hydrogen) atoms. The van der Waals surface area contributed by atoms with Crippen molar-refractivity contribution in [3.8, 4) is 4.90 Å². The second-order valence-electron chi connectivity index (χ2n) is 7.31. The molecule has 2 unspecified atom stereocenters. The highest BCUT2D eigenvalue weighted by Crippen LogP contribution is 2.40. The molecule has 1 aliphatic rings. The van der Waals surface area contributed by atoms with Gasteiger partial charge in [-0.15, -0.1) is 0 Å². The first-order valence-corrected chi connectivity index (χ1v) is 10.3. The quantitative estimate of drug-likeness (QED) is 0.301. The molecule has 0 bridgehead atoms. The van der Waals surface area contributed by atoms with E-state index in [0.717, 1.165) is 17.7 Å². The first-order chi connectivity index (χ1) is 12.5. The molecule has 0 amide bonds. The lowest BCUT2D eigenvalue weighted by atomic mass is 9.90. The molecule has 0 fully saturated rings. The molecule has 0 saturated heterocycles. The fraction of sp³-hybridized carbons (Fsp3) is 0.261. The molecule has 0 radical (unpaired) electrons. The fourth-order valence-corrected chi connectivity index (χ4v) is 5.52. The maximum Gasteiger partial charge on any atom is 0.338 e. The van der Waals surface area contributed by atoms with Crippen molar-refractivity contribution in [2.24, 2.45) is 5.92 Å². The van der Waals surface area contributed by atoms with Gasteiger partial charge in [0.2, 0.25) is 0 Å². The number of fused-ring (bicyclic) bond motifs is 1. The van der Waals surface area contributed by atoms with Crippen LogP contribution in [0.25, 0.3) is 15.0 Å². The summed E-state index contributed by atoms with van der Waals surface area (Å²) in [6.45, 7) is 4.01. The minimum atomic E-state index is -0.484. The predicted octanol–water partition coefficient (Wildman–Crippen LogP) is 6.48. The molecule has 0 N–H and O–H groups in total. The van der Waals surface area contributed by atoms with E-state index < -0.39 is 5.60 Å². The average molecular weight is 364 g/mol. The van der Waals surface area contributed by atoms with Gasteiger partial charge in [-0.25, -0.2) is 4.79 Å². The molecule has 3 heteroatoms. The third-order valence-corrected chi connectivity index (χ3v) is 7.14. The Labute approximate surface area is 157 Å². The smallest absolute Gasteiger partial charge is 0.338 e. The minimum absolute atomic E-state index is 0.117. The van der Waals surface area contributed by atoms with Gasteiger partial charge in [-0.3, -0.25) is 0 Å². The first-order valence-electron chi connectivity index (χ1n) is 9.05. The van der Waals surface area contributed by atoms with Crippen LogP contribution < -0.4 is 0 Å². The molecule has 1 aliphatic carbocycles. The maximum atomic E-state index is 12.8. The molecule has 0 spiro atoms. The van der Waals surface area contributed by atoms with Crippen molar-refractivity contribution in [2.75, 3.05) is 0 Å². The molecule has 2 atom stereocenters. The molecule has 4 rings (SSSR count). The lowest BCUT2D eigenvalue weighted by Crippen LogP contribution is -2.35. The first kappa shape index (κ1) is 17.0. The summed E-state index contributed by atoms with van der Waals surface area (Å²) in [5.74, 6) is 0.0540. The summed E-state index contributed by atoms with van der Waals surface area (Å²) in [5, 5.41) is 3.49. The third kappa shape index (κ3) is 3.19. The van der Waals surface area contributed by atoms with Gasteiger partial charge in [0, 0.05) is 33.9 Å². The zero-order chi connectivity index (χ0) is 18.1. The Morgan fingerprint density at radius 3 is 2.77 bits per heavy atom. The summed E-state index contributed by atoms with van der Waals surface area (Å²) in [6.07, 6.45) is 6.46. The standard InChI is InChI=1S/C23H23O2S/c1-23(2,19-10-4-5-11-19)25-22(24)18-9-7-12-20(16-18)26-15-14-17-8-3-6-13-21(17)26/h3-4,6-10,12-16,19H,5,11H2,1-2H3/q+1. The predicted molar refractivity (Wildman–Crippen MR) is 109 cm³/mol. The van der Waals surface area contributed by atoms with Gasteiger partial charge in [-0.05, 0) is 51.0 Å². The number of esters is 1. The molecular formula is C23H23O2S+. The lowest BCUT2D eigenvalue weighted by molar-refractivity contribution is -0.0199. The number of carbonyl (C=O) groups excluding carboxylic acids is 1. The number of benzene rings is 2. The number of ether oxygens (including phenoxy) is 1. The van der Waals surface area contributed by atoms with Gasteiger partial charge >= 0.3 is 5.97 Å². The number of hydrogen-bond acceptors (Lipinski definition) is 2. The minimum Gasteiger partial charge on any atom is -0.455 e. The Bertz CT molecular complexity index is 981. The molecule has 2 nitrogen and oxygen atoms in total. The Balaban J connectivity index is 1.61. The highest BCUT2D eigenvalue weighted by Gasteiger charge is 2.33. The number of allylic oxidation sites excluding steroid dienone is 1. The van der Waals surface area contributed by atoms with Crippen molar-refractivity contribution >= 4 is 26.5 Å². The van der Waals surface area contributed by atoms with Crippen LogP contribution in [0.3, 0.4) is 0 Å². The molecule has 1 heterocycles. The molecular weight excluding hydrogens is 340 g/mol. The highest BCUT2D eigenvalue weighted by molar-refractivity contribution is 7.43. The largest absolute Gasteiger partial charge is 0.455 e. The Kier molecular flexibility index (Phi) is 4.41. The number of hydrogen-bond donors (Lipinski definition) is 0. The molecule has 0 aliphatic heterocycles. The second-order valence-corrected chi connectivity index (χ2v) is 9.17. The summed E-state index contributed by atoms with van der Waals surface area (Å²) in [6, 6.07) is 18.5. The van der Waals surface area contributed by atoms with Crippen molar-refractivity contribution in [1.82, 2.24) is 0 Å². The van der Waals surface area contributed by atoms with E-state index >= 15 is 0 Å². The number of thiophene rings is 1.